The molecule has 2 aromatic carbocycles. The zero-order valence-electron chi connectivity index (χ0n) is 20.0. The Morgan fingerprint density at radius 2 is 1.86 bits per heavy atom. The molecule has 1 aliphatic carbocycles. The molecule has 2 fully saturated rings. The van der Waals surface area contributed by atoms with Gasteiger partial charge in [0.25, 0.3) is 5.56 Å². The van der Waals surface area contributed by atoms with Gasteiger partial charge in [0.05, 0.1) is 22.7 Å². The fourth-order valence-corrected chi connectivity index (χ4v) is 7.06. The zero-order chi connectivity index (χ0) is 23.8. The summed E-state index contributed by atoms with van der Waals surface area (Å²) < 4.78 is 8.58. The molecule has 1 atom stereocenters. The van der Waals surface area contributed by atoms with Crippen molar-refractivity contribution >= 4 is 31.6 Å². The van der Waals surface area contributed by atoms with Gasteiger partial charge in [0.2, 0.25) is 0 Å². The van der Waals surface area contributed by atoms with Crippen LogP contribution >= 0.6 is 11.3 Å². The average molecular weight is 489 g/mol. The van der Waals surface area contributed by atoms with E-state index in [0.717, 1.165) is 64.5 Å². The van der Waals surface area contributed by atoms with Gasteiger partial charge in [-0.25, -0.2) is 4.98 Å². The molecule has 5 nitrogen and oxygen atoms in total. The molecule has 2 aliphatic rings. The van der Waals surface area contributed by atoms with Gasteiger partial charge in [-0.05, 0) is 48.8 Å². The molecule has 35 heavy (non-hydrogen) atoms. The smallest absolute Gasteiger partial charge is 0.263 e. The number of aromatic hydroxyl groups is 1. The molecule has 3 heterocycles. The summed E-state index contributed by atoms with van der Waals surface area (Å²) in [6.07, 6.45) is 9.92. The largest absolute Gasteiger partial charge is 0.506 e. The van der Waals surface area contributed by atoms with Gasteiger partial charge in [-0.2, -0.15) is 0 Å². The quantitative estimate of drug-likeness (QED) is 0.336. The van der Waals surface area contributed by atoms with Crippen LogP contribution < -0.4 is 5.56 Å². The molecule has 0 amide bonds. The molecule has 0 radical (unpaired) electrons. The third-order valence-electron chi connectivity index (χ3n) is 7.79. The van der Waals surface area contributed by atoms with Crippen LogP contribution in [0.25, 0.3) is 20.3 Å². The molecule has 1 unspecified atom stereocenters. The second kappa shape index (κ2) is 9.75. The van der Waals surface area contributed by atoms with Gasteiger partial charge >= 0.3 is 0 Å². The summed E-state index contributed by atoms with van der Waals surface area (Å²) >= 11 is 1.45. The van der Waals surface area contributed by atoms with Crippen molar-refractivity contribution in [3.63, 3.8) is 0 Å². The van der Waals surface area contributed by atoms with Crippen LogP contribution in [0, 0.1) is 5.92 Å². The number of phenolic OH excluding ortho intramolecular Hbond substituents is 1. The van der Waals surface area contributed by atoms with E-state index in [4.69, 9.17) is 9.72 Å². The van der Waals surface area contributed by atoms with Crippen molar-refractivity contribution in [3.05, 3.63) is 69.8 Å². The number of rotatable bonds is 7. The minimum absolute atomic E-state index is 0.0121. The van der Waals surface area contributed by atoms with E-state index in [0.29, 0.717) is 18.4 Å². The van der Waals surface area contributed by atoms with Crippen LogP contribution in [0.2, 0.25) is 0 Å². The van der Waals surface area contributed by atoms with Crippen molar-refractivity contribution in [2.75, 3.05) is 6.61 Å². The van der Waals surface area contributed by atoms with E-state index in [1.807, 2.05) is 28.8 Å². The number of thiophene rings is 1. The van der Waals surface area contributed by atoms with Gasteiger partial charge in [0.15, 0.2) is 0 Å². The Bertz CT molecular complexity index is 1400. The molecule has 1 saturated carbocycles. The fourth-order valence-electron chi connectivity index (χ4n) is 5.92. The third kappa shape index (κ3) is 4.50. The summed E-state index contributed by atoms with van der Waals surface area (Å²) in [6, 6.07) is 14.0. The topological polar surface area (TPSA) is 64.4 Å². The highest BCUT2D eigenvalue weighted by molar-refractivity contribution is 7.25. The number of hydrogen-bond acceptors (Lipinski definition) is 5. The van der Waals surface area contributed by atoms with Crippen LogP contribution in [0.1, 0.15) is 61.9 Å². The predicted molar refractivity (Wildman–Crippen MR) is 142 cm³/mol. The van der Waals surface area contributed by atoms with Crippen LogP contribution in [0.5, 0.6) is 5.75 Å². The minimum atomic E-state index is 0.0121. The number of nitrogens with zero attached hydrogens (tertiary/aromatic N) is 2. The molecule has 2 aromatic heterocycles. The number of aromatic nitrogens is 2. The Kier molecular flexibility index (Phi) is 6.33. The Balaban J connectivity index is 1.49. The summed E-state index contributed by atoms with van der Waals surface area (Å²) in [7, 11) is 0. The van der Waals surface area contributed by atoms with E-state index in [2.05, 4.69) is 12.1 Å². The molecule has 0 spiro atoms. The van der Waals surface area contributed by atoms with Crippen molar-refractivity contribution < 1.29 is 9.84 Å². The van der Waals surface area contributed by atoms with Gasteiger partial charge in [-0.15, -0.1) is 11.3 Å². The maximum Gasteiger partial charge on any atom is 0.263 e. The molecule has 1 aliphatic heterocycles. The first kappa shape index (κ1) is 22.7. The van der Waals surface area contributed by atoms with Gasteiger partial charge in [0.1, 0.15) is 16.4 Å². The molecular formula is C29H32N2O3S. The van der Waals surface area contributed by atoms with Crippen molar-refractivity contribution in [1.82, 2.24) is 9.55 Å². The van der Waals surface area contributed by atoms with E-state index in [1.54, 1.807) is 6.07 Å². The molecule has 6 heteroatoms. The number of aryl methyl sites for hydroxylation is 1. The number of phenols is 1. The van der Waals surface area contributed by atoms with Gasteiger partial charge in [-0.3, -0.25) is 9.36 Å². The molecule has 1 saturated heterocycles. The van der Waals surface area contributed by atoms with E-state index < -0.39 is 0 Å². The second-order valence-corrected chi connectivity index (χ2v) is 11.2. The molecule has 0 bridgehead atoms. The van der Waals surface area contributed by atoms with Crippen LogP contribution in [0.15, 0.2) is 47.3 Å². The normalized spacial score (nSPS) is 18.8. The molecule has 1 N–H and O–H groups in total. The summed E-state index contributed by atoms with van der Waals surface area (Å²) in [5, 5.41) is 12.2. The molecular weight excluding hydrogens is 456 g/mol. The molecule has 6 rings (SSSR count). The third-order valence-corrected chi connectivity index (χ3v) is 8.89. The lowest BCUT2D eigenvalue weighted by Crippen LogP contribution is -2.30. The fraction of sp³-hybridized carbons (Fsp3) is 0.448. The maximum absolute atomic E-state index is 14.1. The SMILES string of the molecule is O=c1c2c(nc(CCC3CCCC3)n1CC1CCCO1)sc1c(O)ccc(Cc3ccccc3)c12. The maximum atomic E-state index is 14.1. The summed E-state index contributed by atoms with van der Waals surface area (Å²) in [6.45, 7) is 1.33. The lowest BCUT2D eigenvalue weighted by Gasteiger charge is -2.17. The number of benzene rings is 2. The number of ether oxygens (including phenoxy) is 1. The monoisotopic (exact) mass is 488 g/mol. The highest BCUT2D eigenvalue weighted by atomic mass is 32.1. The lowest BCUT2D eigenvalue weighted by atomic mass is 9.99. The highest BCUT2D eigenvalue weighted by Gasteiger charge is 2.24. The van der Waals surface area contributed by atoms with Crippen LogP contribution in [0.3, 0.4) is 0 Å². The summed E-state index contributed by atoms with van der Waals surface area (Å²) in [4.78, 5) is 19.9. The number of fused-ring (bicyclic) bond motifs is 3. The van der Waals surface area contributed by atoms with E-state index >= 15 is 0 Å². The minimum Gasteiger partial charge on any atom is -0.506 e. The lowest BCUT2D eigenvalue weighted by molar-refractivity contribution is 0.0951. The first-order valence-corrected chi connectivity index (χ1v) is 13.8. The van der Waals surface area contributed by atoms with Crippen molar-refractivity contribution in [2.45, 2.75) is 70.4 Å². The second-order valence-electron chi connectivity index (χ2n) is 10.2. The summed E-state index contributed by atoms with van der Waals surface area (Å²) in [5.41, 5.74) is 2.24. The van der Waals surface area contributed by atoms with Gasteiger partial charge in [-0.1, -0.05) is 62.1 Å². The Morgan fingerprint density at radius 1 is 1.03 bits per heavy atom. The van der Waals surface area contributed by atoms with Crippen LogP contribution in [0.4, 0.5) is 0 Å². The number of hydrogen-bond donors (Lipinski definition) is 1. The average Bonchev–Trinajstić information content (AvgIpc) is 3.64. The first-order chi connectivity index (χ1) is 17.2. The van der Waals surface area contributed by atoms with E-state index in [9.17, 15) is 9.90 Å². The first-order valence-electron chi connectivity index (χ1n) is 13.0. The van der Waals surface area contributed by atoms with Crippen LogP contribution in [-0.2, 0) is 24.1 Å². The van der Waals surface area contributed by atoms with E-state index in [-0.39, 0.29) is 17.4 Å². The molecule has 4 aromatic rings. The standard InChI is InChI=1S/C29H32N2O3S/c32-23-14-13-21(17-20-9-2-1-3-10-20)25-26-28(35-27(23)25)30-24(15-12-19-7-4-5-8-19)31(29(26)33)18-22-11-6-16-34-22/h1-3,9-10,13-14,19,22,32H,4-8,11-12,15-18H2. The van der Waals surface area contributed by atoms with Crippen LogP contribution in [-0.4, -0.2) is 27.4 Å². The van der Waals surface area contributed by atoms with Crippen molar-refractivity contribution in [2.24, 2.45) is 5.92 Å². The molecule has 182 valence electrons. The van der Waals surface area contributed by atoms with Crippen molar-refractivity contribution in [3.8, 4) is 5.75 Å². The predicted octanol–water partition coefficient (Wildman–Crippen LogP) is 6.21. The van der Waals surface area contributed by atoms with Gasteiger partial charge in [0, 0.05) is 18.4 Å². The van der Waals surface area contributed by atoms with Crippen molar-refractivity contribution in [1.29, 1.82) is 0 Å². The Hall–Kier alpha value is -2.70. The Labute approximate surface area is 209 Å². The highest BCUT2D eigenvalue weighted by Crippen LogP contribution is 2.40. The summed E-state index contributed by atoms with van der Waals surface area (Å²) in [5.74, 6) is 1.83. The Morgan fingerprint density at radius 3 is 2.63 bits per heavy atom. The van der Waals surface area contributed by atoms with Gasteiger partial charge < -0.3 is 9.84 Å². The van der Waals surface area contributed by atoms with E-state index in [1.165, 1.54) is 42.6 Å². The zero-order valence-corrected chi connectivity index (χ0v) is 20.9.